The summed E-state index contributed by atoms with van der Waals surface area (Å²) in [5.41, 5.74) is -19.8. The second-order valence-corrected chi connectivity index (χ2v) is 11.0. The number of carbonyl (C=O) groups is 1. The van der Waals surface area contributed by atoms with Crippen molar-refractivity contribution in [3.05, 3.63) is 35.4 Å². The molecule has 0 bridgehead atoms. The van der Waals surface area contributed by atoms with Gasteiger partial charge in [0.25, 0.3) is 5.60 Å². The van der Waals surface area contributed by atoms with Crippen molar-refractivity contribution in [3.8, 4) is 0 Å². The van der Waals surface area contributed by atoms with Gasteiger partial charge in [-0.2, -0.15) is 52.7 Å². The number of esters is 1. The van der Waals surface area contributed by atoms with Gasteiger partial charge in [0.1, 0.15) is 0 Å². The van der Waals surface area contributed by atoms with Gasteiger partial charge in [0.2, 0.25) is 0 Å². The van der Waals surface area contributed by atoms with Crippen LogP contribution in [-0.2, 0) is 20.7 Å². The summed E-state index contributed by atoms with van der Waals surface area (Å²) in [6, 6.07) is -1.50. The highest BCUT2D eigenvalue weighted by molar-refractivity contribution is 5.79. The van der Waals surface area contributed by atoms with Crippen molar-refractivity contribution in [2.45, 2.75) is 90.8 Å². The number of hydrogen-bond acceptors (Lipinski definition) is 3. The number of hydrogen-bond donors (Lipinski definition) is 1. The molecule has 15 heteroatoms. The zero-order chi connectivity index (χ0) is 31.5. The van der Waals surface area contributed by atoms with E-state index in [1.54, 1.807) is 0 Å². The number of halogens is 12. The molecule has 0 aromatic heterocycles. The van der Waals surface area contributed by atoms with Crippen molar-refractivity contribution < 1.29 is 67.3 Å². The van der Waals surface area contributed by atoms with Crippen LogP contribution in [0.5, 0.6) is 0 Å². The van der Waals surface area contributed by atoms with E-state index >= 15 is 0 Å². The molecule has 1 atom stereocenters. The van der Waals surface area contributed by atoms with E-state index in [1.807, 2.05) is 0 Å². The normalized spacial score (nSPS) is 16.6. The Bertz CT molecular complexity index is 997. The molecule has 0 saturated heterocycles. The van der Waals surface area contributed by atoms with Crippen LogP contribution in [0.2, 0.25) is 0 Å². The van der Waals surface area contributed by atoms with E-state index in [-0.39, 0.29) is 18.6 Å². The van der Waals surface area contributed by atoms with Gasteiger partial charge >= 0.3 is 36.3 Å². The summed E-state index contributed by atoms with van der Waals surface area (Å²) in [4.78, 5) is 13.3. The minimum atomic E-state index is -6.48. The Hall–Kier alpha value is -2.19. The lowest BCUT2D eigenvalue weighted by Crippen LogP contribution is -2.61. The van der Waals surface area contributed by atoms with Gasteiger partial charge in [-0.1, -0.05) is 65.8 Å². The van der Waals surface area contributed by atoms with E-state index in [0.29, 0.717) is 0 Å². The van der Waals surface area contributed by atoms with Crippen molar-refractivity contribution in [3.63, 3.8) is 0 Å². The van der Waals surface area contributed by atoms with Crippen molar-refractivity contribution >= 4 is 5.97 Å². The van der Waals surface area contributed by atoms with Crippen molar-refractivity contribution in [2.75, 3.05) is 0 Å². The van der Waals surface area contributed by atoms with Gasteiger partial charge in [-0.25, -0.2) is 0 Å². The topological polar surface area (TPSA) is 46.5 Å². The molecule has 0 aliphatic rings. The van der Waals surface area contributed by atoms with E-state index in [2.05, 4.69) is 4.74 Å². The molecule has 0 aliphatic carbocycles. The highest BCUT2D eigenvalue weighted by Crippen LogP contribution is 2.59. The van der Waals surface area contributed by atoms with Gasteiger partial charge in [-0.3, -0.25) is 4.79 Å². The van der Waals surface area contributed by atoms with Crippen LogP contribution in [-0.4, -0.2) is 35.8 Å². The molecule has 0 radical (unpaired) electrons. The summed E-state index contributed by atoms with van der Waals surface area (Å²) in [5, 5.41) is 9.45. The van der Waals surface area contributed by atoms with Gasteiger partial charge < -0.3 is 9.84 Å². The van der Waals surface area contributed by atoms with Crippen LogP contribution in [0.1, 0.15) is 66.0 Å². The summed E-state index contributed by atoms with van der Waals surface area (Å²) in [7, 11) is 0. The quantitative estimate of drug-likeness (QED) is 0.267. The largest absolute Gasteiger partial charge is 0.442 e. The fraction of sp³-hybridized carbons (Fsp3) is 0.708. The average molecular weight is 592 g/mol. The van der Waals surface area contributed by atoms with Crippen molar-refractivity contribution in [2.24, 2.45) is 16.2 Å². The Labute approximate surface area is 216 Å². The predicted octanol–water partition coefficient (Wildman–Crippen LogP) is 8.35. The van der Waals surface area contributed by atoms with Crippen LogP contribution in [0.3, 0.4) is 0 Å². The first-order valence-electron chi connectivity index (χ1n) is 11.2. The Kier molecular flexibility index (Phi) is 8.68. The standard InChI is InChI=1S/C24H28F12O3/c1-8-17(5,6)18(7,16(2,3)4)15(37)39-20(23(31,32)33,24(34,35)36)14-11-9-13(10-12-14)19(38,21(25,26)27)22(28,29)30/h9-12,38H,8H2,1-7H3. The van der Waals surface area contributed by atoms with Gasteiger partial charge in [0.15, 0.2) is 0 Å². The van der Waals surface area contributed by atoms with Crippen molar-refractivity contribution in [1.82, 2.24) is 0 Å². The Morgan fingerprint density at radius 1 is 0.667 bits per heavy atom. The molecule has 1 aromatic carbocycles. The Balaban J connectivity index is 4.04. The molecule has 0 fully saturated rings. The average Bonchev–Trinajstić information content (AvgIpc) is 2.71. The van der Waals surface area contributed by atoms with Gasteiger partial charge in [-0.05, 0) is 24.2 Å². The molecule has 0 spiro atoms. The first-order valence-corrected chi connectivity index (χ1v) is 11.2. The minimum Gasteiger partial charge on any atom is -0.434 e. The lowest BCUT2D eigenvalue weighted by Gasteiger charge is -2.51. The SMILES string of the molecule is CCC(C)(C)C(C)(C(=O)OC(c1ccc(C(O)(C(F)(F)F)C(F)(F)F)cc1)(C(F)(F)F)C(F)(F)F)C(C)(C)C. The summed E-state index contributed by atoms with van der Waals surface area (Å²) < 4.78 is 169. The number of alkyl halides is 12. The first kappa shape index (κ1) is 34.8. The number of ether oxygens (including phenoxy) is 1. The minimum absolute atomic E-state index is 0.0864. The molecule has 3 nitrogen and oxygen atoms in total. The molecule has 0 aliphatic heterocycles. The molecule has 39 heavy (non-hydrogen) atoms. The van der Waals surface area contributed by atoms with Crippen LogP contribution in [0.15, 0.2) is 24.3 Å². The van der Waals surface area contributed by atoms with E-state index in [0.717, 1.165) is 6.92 Å². The van der Waals surface area contributed by atoms with Crippen LogP contribution < -0.4 is 0 Å². The molecule has 0 heterocycles. The van der Waals surface area contributed by atoms with Crippen LogP contribution in [0, 0.1) is 16.2 Å². The first-order chi connectivity index (χ1) is 16.9. The van der Waals surface area contributed by atoms with Crippen LogP contribution in [0.25, 0.3) is 0 Å². The smallest absolute Gasteiger partial charge is 0.434 e. The molecule has 1 aromatic rings. The number of benzene rings is 1. The summed E-state index contributed by atoms with van der Waals surface area (Å²) in [6.45, 7) is 9.57. The molecule has 226 valence electrons. The molecule has 1 rings (SSSR count). The highest BCUT2D eigenvalue weighted by Gasteiger charge is 2.77. The second-order valence-electron chi connectivity index (χ2n) is 11.0. The zero-order valence-corrected chi connectivity index (χ0v) is 21.8. The van der Waals surface area contributed by atoms with Gasteiger partial charge in [0, 0.05) is 11.1 Å². The Morgan fingerprint density at radius 3 is 1.26 bits per heavy atom. The number of rotatable bonds is 6. The second kappa shape index (κ2) is 9.72. The van der Waals surface area contributed by atoms with Gasteiger partial charge in [0.05, 0.1) is 5.41 Å². The fourth-order valence-corrected chi connectivity index (χ4v) is 4.29. The van der Waals surface area contributed by atoms with Crippen molar-refractivity contribution in [1.29, 1.82) is 0 Å². The predicted molar refractivity (Wildman–Crippen MR) is 114 cm³/mol. The van der Waals surface area contributed by atoms with E-state index in [4.69, 9.17) is 0 Å². The lowest BCUT2D eigenvalue weighted by molar-refractivity contribution is -0.381. The van der Waals surface area contributed by atoms with Crippen LogP contribution >= 0.6 is 0 Å². The maximum Gasteiger partial charge on any atom is 0.442 e. The summed E-state index contributed by atoms with van der Waals surface area (Å²) in [6.07, 6.45) is -25.8. The zero-order valence-electron chi connectivity index (χ0n) is 21.8. The third kappa shape index (κ3) is 5.31. The number of aliphatic hydroxyl groups is 1. The fourth-order valence-electron chi connectivity index (χ4n) is 4.29. The van der Waals surface area contributed by atoms with E-state index in [1.165, 1.54) is 41.5 Å². The van der Waals surface area contributed by atoms with Gasteiger partial charge in [-0.15, -0.1) is 0 Å². The third-order valence-corrected chi connectivity index (χ3v) is 7.72. The maximum atomic E-state index is 14.3. The van der Waals surface area contributed by atoms with Crippen LogP contribution in [0.4, 0.5) is 52.7 Å². The molecular weight excluding hydrogens is 564 g/mol. The maximum absolute atomic E-state index is 14.3. The summed E-state index contributed by atoms with van der Waals surface area (Å²) in [5.74, 6) is -1.96. The number of carbonyl (C=O) groups excluding carboxylic acids is 1. The molecule has 1 unspecified atom stereocenters. The van der Waals surface area contributed by atoms with E-state index < -0.39 is 81.4 Å². The molecular formula is C24H28F12O3. The molecule has 0 amide bonds. The Morgan fingerprint density at radius 2 is 1.00 bits per heavy atom. The molecule has 1 N–H and O–H groups in total. The highest BCUT2D eigenvalue weighted by atomic mass is 19.4. The molecule has 0 saturated carbocycles. The monoisotopic (exact) mass is 592 g/mol. The lowest BCUT2D eigenvalue weighted by atomic mass is 9.53. The third-order valence-electron chi connectivity index (χ3n) is 7.72. The van der Waals surface area contributed by atoms with E-state index in [9.17, 15) is 62.6 Å². The summed E-state index contributed by atoms with van der Waals surface area (Å²) >= 11 is 0.